The first-order valence-electron chi connectivity index (χ1n) is 14.0. The summed E-state index contributed by atoms with van der Waals surface area (Å²) in [5.74, 6) is 4.27. The third-order valence-corrected chi connectivity index (χ3v) is 7.23. The van der Waals surface area contributed by atoms with Gasteiger partial charge in [-0.25, -0.2) is 8.78 Å². The molecule has 0 spiro atoms. The highest BCUT2D eigenvalue weighted by molar-refractivity contribution is 5.89. The van der Waals surface area contributed by atoms with Crippen molar-refractivity contribution < 1.29 is 18.3 Å². The molecule has 0 saturated heterocycles. The first-order chi connectivity index (χ1) is 21.6. The van der Waals surface area contributed by atoms with Crippen LogP contribution in [0.3, 0.4) is 0 Å². The highest BCUT2D eigenvalue weighted by Crippen LogP contribution is 2.40. The van der Waals surface area contributed by atoms with Crippen LogP contribution < -0.4 is 9.47 Å². The fourth-order valence-corrected chi connectivity index (χ4v) is 5.05. The van der Waals surface area contributed by atoms with Crippen molar-refractivity contribution >= 4 is 21.5 Å². The molecule has 3 nitrogen and oxygen atoms in total. The van der Waals surface area contributed by atoms with Gasteiger partial charge in [-0.15, -0.1) is 0 Å². The van der Waals surface area contributed by atoms with Crippen molar-refractivity contribution in [1.29, 1.82) is 0 Å². The van der Waals surface area contributed by atoms with Crippen LogP contribution in [-0.2, 0) is 0 Å². The quantitative estimate of drug-likeness (QED) is 0.191. The lowest BCUT2D eigenvalue weighted by Gasteiger charge is -2.16. The van der Waals surface area contributed by atoms with Crippen molar-refractivity contribution in [2.45, 2.75) is 0 Å². The third kappa shape index (κ3) is 5.33. The van der Waals surface area contributed by atoms with Crippen molar-refractivity contribution in [2.24, 2.45) is 0 Å². The van der Waals surface area contributed by atoms with Crippen LogP contribution in [0.5, 0.6) is 23.3 Å². The number of aromatic nitrogens is 1. The minimum atomic E-state index is -0.941. The van der Waals surface area contributed by atoms with Gasteiger partial charge in [0.1, 0.15) is 11.5 Å². The van der Waals surface area contributed by atoms with E-state index in [9.17, 15) is 0 Å². The molecule has 0 saturated carbocycles. The van der Waals surface area contributed by atoms with Crippen LogP contribution in [0.4, 0.5) is 8.78 Å². The molecular formula is C39H23F2NO2. The minimum Gasteiger partial charge on any atom is -0.436 e. The number of halogens is 2. The largest absolute Gasteiger partial charge is 0.436 e. The molecular weight excluding hydrogens is 552 g/mol. The van der Waals surface area contributed by atoms with Crippen molar-refractivity contribution in [3.05, 3.63) is 162 Å². The molecule has 210 valence electrons. The molecule has 1 aromatic heterocycles. The SMILES string of the molecule is Fc1c(Oc2cccc3ccccc23)nc(Oc2cccc3ccccc23)c(F)c1-c1ccc(C#Cc2ccccc2)cc1. The summed E-state index contributed by atoms with van der Waals surface area (Å²) in [6.45, 7) is 0. The number of hydrogen-bond acceptors (Lipinski definition) is 3. The van der Waals surface area contributed by atoms with Crippen molar-refractivity contribution in [1.82, 2.24) is 4.98 Å². The topological polar surface area (TPSA) is 31.4 Å². The molecule has 1 heterocycles. The fraction of sp³-hybridized carbons (Fsp3) is 0. The molecule has 0 atom stereocenters. The summed E-state index contributed by atoms with van der Waals surface area (Å²) < 4.78 is 44.6. The van der Waals surface area contributed by atoms with E-state index < -0.39 is 23.4 Å². The zero-order valence-corrected chi connectivity index (χ0v) is 23.3. The Morgan fingerprint density at radius 1 is 0.455 bits per heavy atom. The number of rotatable bonds is 5. The standard InChI is InChI=1S/C39H23F2NO2/c40-36-35(30-24-22-27(23-25-30)21-20-26-10-2-1-3-11-26)37(41)39(44-34-19-9-15-29-13-5-7-17-32(29)34)42-38(36)43-33-18-8-14-28-12-4-6-16-31(28)33/h1-19,22-25H. The van der Waals surface area contributed by atoms with E-state index in [4.69, 9.17) is 9.47 Å². The van der Waals surface area contributed by atoms with E-state index in [0.29, 0.717) is 22.6 Å². The number of pyridine rings is 1. The summed E-state index contributed by atoms with van der Waals surface area (Å²) in [7, 11) is 0. The summed E-state index contributed by atoms with van der Waals surface area (Å²) in [6.07, 6.45) is 0. The average Bonchev–Trinajstić information content (AvgIpc) is 3.07. The summed E-state index contributed by atoms with van der Waals surface area (Å²) >= 11 is 0. The van der Waals surface area contributed by atoms with Crippen molar-refractivity contribution in [2.75, 3.05) is 0 Å². The smallest absolute Gasteiger partial charge is 0.260 e. The van der Waals surface area contributed by atoms with Crippen LogP contribution in [0.25, 0.3) is 32.7 Å². The zero-order chi connectivity index (χ0) is 29.9. The zero-order valence-electron chi connectivity index (χ0n) is 23.3. The van der Waals surface area contributed by atoms with Gasteiger partial charge in [0.05, 0.1) is 5.56 Å². The van der Waals surface area contributed by atoms with E-state index >= 15 is 8.78 Å². The third-order valence-electron chi connectivity index (χ3n) is 7.23. The first kappa shape index (κ1) is 26.9. The molecule has 5 heteroatoms. The lowest BCUT2D eigenvalue weighted by molar-refractivity contribution is 0.382. The second kappa shape index (κ2) is 11.7. The van der Waals surface area contributed by atoms with Gasteiger partial charge >= 0.3 is 0 Å². The Morgan fingerprint density at radius 2 is 0.909 bits per heavy atom. The highest BCUT2D eigenvalue weighted by Gasteiger charge is 2.25. The van der Waals surface area contributed by atoms with E-state index in [1.807, 2.05) is 103 Å². The van der Waals surface area contributed by atoms with Gasteiger partial charge in [-0.1, -0.05) is 115 Å². The summed E-state index contributed by atoms with van der Waals surface area (Å²) in [5.41, 5.74) is 1.55. The maximum Gasteiger partial charge on any atom is 0.260 e. The van der Waals surface area contributed by atoms with Crippen LogP contribution in [0.2, 0.25) is 0 Å². The Hall–Kier alpha value is -5.99. The van der Waals surface area contributed by atoms with Crippen LogP contribution in [0.1, 0.15) is 11.1 Å². The Kier molecular flexibility index (Phi) is 7.16. The predicted molar refractivity (Wildman–Crippen MR) is 170 cm³/mol. The summed E-state index contributed by atoms with van der Waals surface area (Å²) in [6, 6.07) is 42.3. The molecule has 0 aliphatic carbocycles. The lowest BCUT2D eigenvalue weighted by Crippen LogP contribution is -2.03. The van der Waals surface area contributed by atoms with Gasteiger partial charge in [0.25, 0.3) is 11.8 Å². The minimum absolute atomic E-state index is 0.290. The molecule has 0 N–H and O–H groups in total. The van der Waals surface area contributed by atoms with E-state index in [-0.39, 0.29) is 5.56 Å². The van der Waals surface area contributed by atoms with E-state index in [2.05, 4.69) is 16.8 Å². The van der Waals surface area contributed by atoms with Crippen molar-refractivity contribution in [3.8, 4) is 46.2 Å². The fourth-order valence-electron chi connectivity index (χ4n) is 5.05. The average molecular weight is 576 g/mol. The molecule has 7 aromatic rings. The van der Waals surface area contributed by atoms with E-state index in [0.717, 1.165) is 27.1 Å². The maximum atomic E-state index is 16.2. The highest BCUT2D eigenvalue weighted by atomic mass is 19.1. The lowest BCUT2D eigenvalue weighted by atomic mass is 10.0. The Bertz CT molecular complexity index is 2090. The molecule has 0 fully saturated rings. The van der Waals surface area contributed by atoms with Gasteiger partial charge in [0.2, 0.25) is 0 Å². The molecule has 6 aromatic carbocycles. The Balaban J connectivity index is 1.34. The molecule has 0 radical (unpaired) electrons. The van der Waals surface area contributed by atoms with Crippen LogP contribution in [-0.4, -0.2) is 4.98 Å². The van der Waals surface area contributed by atoms with Gasteiger partial charge < -0.3 is 9.47 Å². The van der Waals surface area contributed by atoms with Gasteiger partial charge in [0, 0.05) is 21.9 Å². The Morgan fingerprint density at radius 3 is 1.45 bits per heavy atom. The number of benzene rings is 6. The molecule has 0 unspecified atom stereocenters. The number of nitrogens with zero attached hydrogens (tertiary/aromatic N) is 1. The van der Waals surface area contributed by atoms with Gasteiger partial charge in [0.15, 0.2) is 11.6 Å². The van der Waals surface area contributed by atoms with Gasteiger partial charge in [-0.2, -0.15) is 4.98 Å². The van der Waals surface area contributed by atoms with Crippen molar-refractivity contribution in [3.63, 3.8) is 0 Å². The van der Waals surface area contributed by atoms with Crippen LogP contribution in [0, 0.1) is 23.5 Å². The second-order valence-corrected chi connectivity index (χ2v) is 10.1. The molecule has 44 heavy (non-hydrogen) atoms. The molecule has 0 aliphatic heterocycles. The molecule has 0 bridgehead atoms. The van der Waals surface area contributed by atoms with E-state index in [1.165, 1.54) is 0 Å². The number of fused-ring (bicyclic) bond motifs is 2. The number of ether oxygens (including phenoxy) is 2. The normalized spacial score (nSPS) is 10.8. The Labute approximate surface area is 253 Å². The molecule has 0 amide bonds. The predicted octanol–water partition coefficient (Wildman–Crippen LogP) is 10.3. The maximum absolute atomic E-state index is 16.2. The summed E-state index contributed by atoms with van der Waals surface area (Å²) in [5, 5.41) is 3.35. The van der Waals surface area contributed by atoms with E-state index in [1.54, 1.807) is 36.4 Å². The molecule has 0 aliphatic rings. The summed E-state index contributed by atoms with van der Waals surface area (Å²) in [4.78, 5) is 4.23. The van der Waals surface area contributed by atoms with Gasteiger partial charge in [-0.05, 0) is 52.7 Å². The van der Waals surface area contributed by atoms with Gasteiger partial charge in [-0.3, -0.25) is 0 Å². The second-order valence-electron chi connectivity index (χ2n) is 10.1. The number of hydrogen-bond donors (Lipinski definition) is 0. The molecule has 7 rings (SSSR count). The van der Waals surface area contributed by atoms with Crippen LogP contribution >= 0.6 is 0 Å². The monoisotopic (exact) mass is 575 g/mol. The van der Waals surface area contributed by atoms with Crippen LogP contribution in [0.15, 0.2) is 140 Å². The first-order valence-corrected chi connectivity index (χ1v) is 14.0.